The van der Waals surface area contributed by atoms with Crippen LogP contribution in [0.3, 0.4) is 0 Å². The number of hydrogen-bond acceptors (Lipinski definition) is 4. The van der Waals surface area contributed by atoms with E-state index in [1.54, 1.807) is 0 Å². The highest BCUT2D eigenvalue weighted by atomic mass is 16.5. The van der Waals surface area contributed by atoms with E-state index in [1.807, 2.05) is 52.0 Å². The summed E-state index contributed by atoms with van der Waals surface area (Å²) in [7, 11) is 0. The zero-order chi connectivity index (χ0) is 24.9. The third kappa shape index (κ3) is 6.16. The molecule has 182 valence electrons. The van der Waals surface area contributed by atoms with Gasteiger partial charge in [-0.05, 0) is 40.0 Å². The first-order valence-corrected chi connectivity index (χ1v) is 11.7. The van der Waals surface area contributed by atoms with Crippen LogP contribution >= 0.6 is 0 Å². The van der Waals surface area contributed by atoms with Gasteiger partial charge in [0.25, 0.3) is 0 Å². The van der Waals surface area contributed by atoms with Crippen LogP contribution in [0.25, 0.3) is 11.1 Å². The van der Waals surface area contributed by atoms with E-state index >= 15 is 0 Å². The van der Waals surface area contributed by atoms with E-state index in [2.05, 4.69) is 34.9 Å². The molecule has 3 N–H and O–H groups in total. The number of nitrogens with one attached hydrogen (secondary N) is 2. The average Bonchev–Trinajstić information content (AvgIpc) is 3.11. The molecule has 7 nitrogen and oxygen atoms in total. The molecule has 0 aromatic heterocycles. The van der Waals surface area contributed by atoms with Crippen LogP contribution in [0.1, 0.15) is 57.6 Å². The Hall–Kier alpha value is -3.35. The Labute approximate surface area is 200 Å². The fourth-order valence-corrected chi connectivity index (χ4v) is 4.28. The molecule has 1 aliphatic rings. The van der Waals surface area contributed by atoms with Gasteiger partial charge in [-0.2, -0.15) is 0 Å². The molecule has 2 amide bonds. The highest BCUT2D eigenvalue weighted by Crippen LogP contribution is 2.44. The number of amides is 2. The van der Waals surface area contributed by atoms with Gasteiger partial charge < -0.3 is 20.5 Å². The molecular weight excluding hydrogens is 432 g/mol. The Balaban J connectivity index is 1.60. The van der Waals surface area contributed by atoms with Crippen LogP contribution in [0.5, 0.6) is 0 Å². The minimum Gasteiger partial charge on any atom is -0.481 e. The predicted molar refractivity (Wildman–Crippen MR) is 130 cm³/mol. The summed E-state index contributed by atoms with van der Waals surface area (Å²) in [5.74, 6) is -1.23. The largest absolute Gasteiger partial charge is 0.481 e. The molecule has 2 atom stereocenters. The smallest absolute Gasteiger partial charge is 0.407 e. The summed E-state index contributed by atoms with van der Waals surface area (Å²) in [5.41, 5.74) is 4.00. The number of carbonyl (C=O) groups excluding carboxylic acids is 2. The van der Waals surface area contributed by atoms with Gasteiger partial charge in [-0.1, -0.05) is 76.2 Å². The predicted octanol–water partition coefficient (Wildman–Crippen LogP) is 4.56. The number of aliphatic carboxylic acids is 1. The van der Waals surface area contributed by atoms with Gasteiger partial charge in [0.1, 0.15) is 12.6 Å². The molecule has 0 fully saturated rings. The van der Waals surface area contributed by atoms with E-state index in [4.69, 9.17) is 9.84 Å². The zero-order valence-electron chi connectivity index (χ0n) is 20.3. The van der Waals surface area contributed by atoms with E-state index in [9.17, 15) is 14.4 Å². The van der Waals surface area contributed by atoms with Crippen molar-refractivity contribution in [3.63, 3.8) is 0 Å². The van der Waals surface area contributed by atoms with Crippen molar-refractivity contribution in [1.82, 2.24) is 10.6 Å². The molecule has 2 aromatic carbocycles. The quantitative estimate of drug-likeness (QED) is 0.503. The average molecular weight is 467 g/mol. The summed E-state index contributed by atoms with van der Waals surface area (Å²) >= 11 is 0. The van der Waals surface area contributed by atoms with E-state index in [0.29, 0.717) is 13.0 Å². The number of rotatable bonds is 9. The van der Waals surface area contributed by atoms with Crippen LogP contribution in [-0.2, 0) is 14.3 Å². The van der Waals surface area contributed by atoms with Gasteiger partial charge in [0, 0.05) is 18.9 Å². The number of carbonyl (C=O) groups is 3. The van der Waals surface area contributed by atoms with Crippen LogP contribution in [0, 0.1) is 11.3 Å². The van der Waals surface area contributed by atoms with Gasteiger partial charge in [0.05, 0.1) is 0 Å². The number of ether oxygens (including phenoxy) is 1. The highest BCUT2D eigenvalue weighted by Gasteiger charge is 2.34. The van der Waals surface area contributed by atoms with Gasteiger partial charge in [-0.25, -0.2) is 4.79 Å². The third-order valence-corrected chi connectivity index (χ3v) is 6.21. The van der Waals surface area contributed by atoms with E-state index < -0.39 is 23.5 Å². The first kappa shape index (κ1) is 25.3. The minimum atomic E-state index is -0.859. The second kappa shape index (κ2) is 10.7. The van der Waals surface area contributed by atoms with Crippen molar-refractivity contribution in [3.05, 3.63) is 59.7 Å². The monoisotopic (exact) mass is 466 g/mol. The lowest BCUT2D eigenvalue weighted by molar-refractivity contribution is -0.137. The van der Waals surface area contributed by atoms with Crippen molar-refractivity contribution in [1.29, 1.82) is 0 Å². The first-order chi connectivity index (χ1) is 16.1. The molecule has 0 saturated heterocycles. The van der Waals surface area contributed by atoms with Gasteiger partial charge in [0.15, 0.2) is 0 Å². The van der Waals surface area contributed by atoms with Crippen LogP contribution < -0.4 is 10.6 Å². The number of hydrogen-bond donors (Lipinski definition) is 3. The maximum Gasteiger partial charge on any atom is 0.407 e. The second-order valence-electron chi connectivity index (χ2n) is 10.1. The summed E-state index contributed by atoms with van der Waals surface area (Å²) < 4.78 is 5.61. The SMILES string of the molecule is CC(CCC(=O)O)CNC(=O)C(NC(=O)OCC1c2ccccc2-c2ccccc21)C(C)(C)C. The Morgan fingerprint density at radius 1 is 1.00 bits per heavy atom. The molecule has 2 unspecified atom stereocenters. The topological polar surface area (TPSA) is 105 Å². The van der Waals surface area contributed by atoms with Crippen molar-refractivity contribution < 1.29 is 24.2 Å². The fraction of sp³-hybridized carbons (Fsp3) is 0.444. The van der Waals surface area contributed by atoms with Crippen LogP contribution in [-0.4, -0.2) is 42.3 Å². The lowest BCUT2D eigenvalue weighted by atomic mass is 9.86. The number of carboxylic acids is 1. The molecular formula is C27H34N2O5. The van der Waals surface area contributed by atoms with Crippen molar-refractivity contribution in [2.45, 2.75) is 52.5 Å². The molecule has 0 saturated carbocycles. The van der Waals surface area contributed by atoms with Gasteiger partial charge in [-0.3, -0.25) is 9.59 Å². The van der Waals surface area contributed by atoms with Crippen molar-refractivity contribution >= 4 is 18.0 Å². The van der Waals surface area contributed by atoms with Gasteiger partial charge in [-0.15, -0.1) is 0 Å². The van der Waals surface area contributed by atoms with Gasteiger partial charge >= 0.3 is 12.1 Å². The molecule has 0 spiro atoms. The minimum absolute atomic E-state index is 0.00937. The molecule has 3 rings (SSSR count). The normalized spacial score (nSPS) is 14.5. The standard InChI is InChI=1S/C27H34N2O5/c1-17(13-14-23(30)31)15-28-25(32)24(27(2,3)4)29-26(33)34-16-22-20-11-7-5-9-18(20)19-10-6-8-12-21(19)22/h5-12,17,22,24H,13-16H2,1-4H3,(H,28,32)(H,29,33)(H,30,31). The lowest BCUT2D eigenvalue weighted by Gasteiger charge is -2.30. The molecule has 1 aliphatic carbocycles. The lowest BCUT2D eigenvalue weighted by Crippen LogP contribution is -2.54. The molecule has 0 heterocycles. The van der Waals surface area contributed by atoms with Crippen molar-refractivity contribution in [2.24, 2.45) is 11.3 Å². The molecule has 7 heteroatoms. The summed E-state index contributed by atoms with van der Waals surface area (Å²) in [6, 6.07) is 15.4. The van der Waals surface area contributed by atoms with E-state index in [-0.39, 0.29) is 30.8 Å². The number of alkyl carbamates (subject to hydrolysis) is 1. The maximum atomic E-state index is 12.9. The molecule has 0 radical (unpaired) electrons. The van der Waals surface area contributed by atoms with Crippen LogP contribution in [0.15, 0.2) is 48.5 Å². The Kier molecular flexibility index (Phi) is 7.97. The highest BCUT2D eigenvalue weighted by molar-refractivity contribution is 5.86. The molecule has 0 aliphatic heterocycles. The second-order valence-corrected chi connectivity index (χ2v) is 10.1. The van der Waals surface area contributed by atoms with E-state index in [0.717, 1.165) is 22.3 Å². The van der Waals surface area contributed by atoms with E-state index in [1.165, 1.54) is 0 Å². The Morgan fingerprint density at radius 3 is 2.09 bits per heavy atom. The maximum absolute atomic E-state index is 12.9. The number of benzene rings is 2. The first-order valence-electron chi connectivity index (χ1n) is 11.7. The third-order valence-electron chi connectivity index (χ3n) is 6.21. The van der Waals surface area contributed by atoms with Crippen molar-refractivity contribution in [3.8, 4) is 11.1 Å². The fourth-order valence-electron chi connectivity index (χ4n) is 4.28. The zero-order valence-corrected chi connectivity index (χ0v) is 20.3. The summed E-state index contributed by atoms with van der Waals surface area (Å²) in [6.45, 7) is 8.00. The van der Waals surface area contributed by atoms with Gasteiger partial charge in [0.2, 0.25) is 5.91 Å². The number of fused-ring (bicyclic) bond motifs is 3. The summed E-state index contributed by atoms with van der Waals surface area (Å²) in [6.07, 6.45) is -0.122. The molecule has 2 aromatic rings. The van der Waals surface area contributed by atoms with Crippen LogP contribution in [0.2, 0.25) is 0 Å². The Bertz CT molecular complexity index is 998. The van der Waals surface area contributed by atoms with Crippen LogP contribution in [0.4, 0.5) is 4.79 Å². The van der Waals surface area contributed by atoms with Crippen molar-refractivity contribution in [2.75, 3.05) is 13.2 Å². The number of carboxylic acid groups (broad SMARTS) is 1. The summed E-state index contributed by atoms with van der Waals surface area (Å²) in [4.78, 5) is 36.3. The summed E-state index contributed by atoms with van der Waals surface area (Å²) in [5, 5.41) is 14.4. The molecule has 34 heavy (non-hydrogen) atoms. The Morgan fingerprint density at radius 2 is 1.56 bits per heavy atom. The molecule has 0 bridgehead atoms.